The van der Waals surface area contributed by atoms with Gasteiger partial charge in [-0.2, -0.15) is 0 Å². The van der Waals surface area contributed by atoms with Crippen LogP contribution in [0.3, 0.4) is 0 Å². The maximum Gasteiger partial charge on any atom is 0.317 e. The molecule has 140 valence electrons. The number of nitrogens with zero attached hydrogens (tertiary/aromatic N) is 2. The number of ether oxygens (including phenoxy) is 1. The lowest BCUT2D eigenvalue weighted by atomic mass is 9.91. The number of hydrogen-bond acceptors (Lipinski definition) is 3. The number of hydrogen-bond donors (Lipinski definition) is 1. The molecule has 0 aliphatic carbocycles. The minimum atomic E-state index is -0.255. The average Bonchev–Trinajstić information content (AvgIpc) is 2.96. The summed E-state index contributed by atoms with van der Waals surface area (Å²) in [5.41, 5.74) is 0. The molecular formula is C19H30FN3O2. The molecule has 1 heterocycles. The van der Waals surface area contributed by atoms with Gasteiger partial charge in [-0.25, -0.2) is 9.18 Å². The lowest BCUT2D eigenvalue weighted by Crippen LogP contribution is -2.46. The van der Waals surface area contributed by atoms with E-state index in [1.807, 2.05) is 0 Å². The number of nitrogens with one attached hydrogen (secondary N) is 1. The Morgan fingerprint density at radius 1 is 1.32 bits per heavy atom. The Balaban J connectivity index is 1.76. The van der Waals surface area contributed by atoms with Crippen LogP contribution in [0.4, 0.5) is 9.18 Å². The SMILES string of the molecule is CC(C)[C@@H]1CN(CCCOc2ccc(F)cc2)C[C@H]1NC(=O)N(C)C. The summed E-state index contributed by atoms with van der Waals surface area (Å²) in [7, 11) is 3.53. The molecular weight excluding hydrogens is 321 g/mol. The van der Waals surface area contributed by atoms with Crippen molar-refractivity contribution in [2.24, 2.45) is 11.8 Å². The smallest absolute Gasteiger partial charge is 0.317 e. The normalized spacial score (nSPS) is 20.7. The molecule has 1 aromatic carbocycles. The first-order valence-electron chi connectivity index (χ1n) is 8.95. The van der Waals surface area contributed by atoms with Gasteiger partial charge in [0.05, 0.1) is 6.61 Å². The van der Waals surface area contributed by atoms with Crippen molar-refractivity contribution in [2.75, 3.05) is 40.3 Å². The number of carbonyl (C=O) groups is 1. The average molecular weight is 351 g/mol. The first-order chi connectivity index (χ1) is 11.9. The fourth-order valence-electron chi connectivity index (χ4n) is 3.22. The predicted molar refractivity (Wildman–Crippen MR) is 97.3 cm³/mol. The Bertz CT molecular complexity index is 548. The molecule has 1 N–H and O–H groups in total. The van der Waals surface area contributed by atoms with Crippen molar-refractivity contribution in [3.63, 3.8) is 0 Å². The number of halogens is 1. The van der Waals surface area contributed by atoms with Crippen molar-refractivity contribution in [1.82, 2.24) is 15.1 Å². The third-order valence-corrected chi connectivity index (χ3v) is 4.71. The van der Waals surface area contributed by atoms with E-state index in [1.54, 1.807) is 31.1 Å². The second-order valence-electron chi connectivity index (χ2n) is 7.27. The third-order valence-electron chi connectivity index (χ3n) is 4.71. The second-order valence-corrected chi connectivity index (χ2v) is 7.27. The van der Waals surface area contributed by atoms with Crippen LogP contribution < -0.4 is 10.1 Å². The molecule has 2 atom stereocenters. The number of amides is 2. The highest BCUT2D eigenvalue weighted by molar-refractivity contribution is 5.73. The maximum atomic E-state index is 12.9. The van der Waals surface area contributed by atoms with Gasteiger partial charge in [-0.3, -0.25) is 0 Å². The molecule has 1 saturated heterocycles. The van der Waals surface area contributed by atoms with E-state index in [1.165, 1.54) is 12.1 Å². The lowest BCUT2D eigenvalue weighted by molar-refractivity contribution is 0.207. The second kappa shape index (κ2) is 9.04. The molecule has 0 aromatic heterocycles. The van der Waals surface area contributed by atoms with E-state index in [4.69, 9.17) is 4.74 Å². The van der Waals surface area contributed by atoms with E-state index < -0.39 is 0 Å². The van der Waals surface area contributed by atoms with Crippen LogP contribution in [0.25, 0.3) is 0 Å². The minimum absolute atomic E-state index is 0.0304. The Kier molecular flexibility index (Phi) is 7.05. The van der Waals surface area contributed by atoms with Gasteiger partial charge in [0, 0.05) is 39.8 Å². The molecule has 0 saturated carbocycles. The minimum Gasteiger partial charge on any atom is -0.494 e. The molecule has 0 spiro atoms. The topological polar surface area (TPSA) is 44.8 Å². The molecule has 0 bridgehead atoms. The van der Waals surface area contributed by atoms with Crippen molar-refractivity contribution in [3.05, 3.63) is 30.1 Å². The first kappa shape index (κ1) is 19.5. The van der Waals surface area contributed by atoms with Crippen LogP contribution in [0, 0.1) is 17.7 Å². The molecule has 1 aromatic rings. The summed E-state index contributed by atoms with van der Waals surface area (Å²) in [6.07, 6.45) is 0.899. The highest BCUT2D eigenvalue weighted by Gasteiger charge is 2.35. The summed E-state index contributed by atoms with van der Waals surface area (Å²) in [5.74, 6) is 1.42. The number of likely N-dealkylation sites (tertiary alicyclic amines) is 1. The van der Waals surface area contributed by atoms with Gasteiger partial charge >= 0.3 is 6.03 Å². The Hall–Kier alpha value is -1.82. The van der Waals surface area contributed by atoms with Crippen LogP contribution in [0.1, 0.15) is 20.3 Å². The van der Waals surface area contributed by atoms with Crippen LogP contribution >= 0.6 is 0 Å². The number of carbonyl (C=O) groups excluding carboxylic acids is 1. The van der Waals surface area contributed by atoms with Gasteiger partial charge in [0.15, 0.2) is 0 Å². The zero-order chi connectivity index (χ0) is 18.4. The standard InChI is InChI=1S/C19H30FN3O2/c1-14(2)17-12-23(13-18(17)21-19(24)22(3)4)10-5-11-25-16-8-6-15(20)7-9-16/h6-9,14,17-18H,5,10-13H2,1-4H3,(H,21,24)/t17-,18+/m0/s1. The summed E-state index contributed by atoms with van der Waals surface area (Å²) in [6, 6.07) is 6.26. The van der Waals surface area contributed by atoms with Gasteiger partial charge in [-0.15, -0.1) is 0 Å². The molecule has 0 radical (unpaired) electrons. The largest absolute Gasteiger partial charge is 0.494 e. The van der Waals surface area contributed by atoms with Gasteiger partial charge < -0.3 is 19.9 Å². The van der Waals surface area contributed by atoms with E-state index in [9.17, 15) is 9.18 Å². The van der Waals surface area contributed by atoms with Crippen LogP contribution in [0.5, 0.6) is 5.75 Å². The molecule has 25 heavy (non-hydrogen) atoms. The van der Waals surface area contributed by atoms with E-state index in [-0.39, 0.29) is 17.9 Å². The van der Waals surface area contributed by atoms with Crippen LogP contribution in [-0.4, -0.2) is 62.2 Å². The summed E-state index contributed by atoms with van der Waals surface area (Å²) >= 11 is 0. The molecule has 2 rings (SSSR count). The van der Waals surface area contributed by atoms with Gasteiger partial charge in [0.1, 0.15) is 11.6 Å². The van der Waals surface area contributed by atoms with Crippen LogP contribution in [0.15, 0.2) is 24.3 Å². The first-order valence-corrected chi connectivity index (χ1v) is 8.95. The third kappa shape index (κ3) is 5.88. The zero-order valence-electron chi connectivity index (χ0n) is 15.7. The molecule has 2 amide bonds. The summed E-state index contributed by atoms with van der Waals surface area (Å²) in [5, 5.41) is 3.14. The molecule has 6 heteroatoms. The van der Waals surface area contributed by atoms with E-state index in [0.29, 0.717) is 24.2 Å². The maximum absolute atomic E-state index is 12.9. The fourth-order valence-corrected chi connectivity index (χ4v) is 3.22. The van der Waals surface area contributed by atoms with Crippen LogP contribution in [0.2, 0.25) is 0 Å². The highest BCUT2D eigenvalue weighted by Crippen LogP contribution is 2.24. The van der Waals surface area contributed by atoms with Crippen LogP contribution in [-0.2, 0) is 0 Å². The quantitative estimate of drug-likeness (QED) is 0.769. The van der Waals surface area contributed by atoms with Gasteiger partial charge in [-0.05, 0) is 42.5 Å². The lowest BCUT2D eigenvalue weighted by Gasteiger charge is -2.24. The number of urea groups is 1. The molecule has 1 aliphatic heterocycles. The highest BCUT2D eigenvalue weighted by atomic mass is 19.1. The summed E-state index contributed by atoms with van der Waals surface area (Å²) < 4.78 is 18.5. The molecule has 5 nitrogen and oxygen atoms in total. The van der Waals surface area contributed by atoms with Gasteiger partial charge in [0.2, 0.25) is 0 Å². The van der Waals surface area contributed by atoms with E-state index in [0.717, 1.165) is 26.1 Å². The molecule has 0 unspecified atom stereocenters. The van der Waals surface area contributed by atoms with Crippen molar-refractivity contribution in [2.45, 2.75) is 26.3 Å². The Morgan fingerprint density at radius 3 is 2.60 bits per heavy atom. The number of rotatable bonds is 7. The Morgan fingerprint density at radius 2 is 2.00 bits per heavy atom. The van der Waals surface area contributed by atoms with Gasteiger partial charge in [-0.1, -0.05) is 13.8 Å². The van der Waals surface area contributed by atoms with Crippen molar-refractivity contribution in [3.8, 4) is 5.75 Å². The van der Waals surface area contributed by atoms with Gasteiger partial charge in [0.25, 0.3) is 0 Å². The Labute approximate surface area is 150 Å². The summed E-state index contributed by atoms with van der Waals surface area (Å²) in [4.78, 5) is 15.9. The molecule has 1 aliphatic rings. The van der Waals surface area contributed by atoms with Crippen molar-refractivity contribution in [1.29, 1.82) is 0 Å². The number of benzene rings is 1. The van der Waals surface area contributed by atoms with Crippen molar-refractivity contribution >= 4 is 6.03 Å². The summed E-state index contributed by atoms with van der Waals surface area (Å²) in [6.45, 7) is 7.81. The fraction of sp³-hybridized carbons (Fsp3) is 0.632. The zero-order valence-corrected chi connectivity index (χ0v) is 15.7. The van der Waals surface area contributed by atoms with E-state index in [2.05, 4.69) is 24.1 Å². The predicted octanol–water partition coefficient (Wildman–Crippen LogP) is 2.82. The van der Waals surface area contributed by atoms with Crippen molar-refractivity contribution < 1.29 is 13.9 Å². The van der Waals surface area contributed by atoms with E-state index >= 15 is 0 Å². The monoisotopic (exact) mass is 351 g/mol. The molecule has 1 fully saturated rings.